The summed E-state index contributed by atoms with van der Waals surface area (Å²) in [7, 11) is 0. The second kappa shape index (κ2) is 8.52. The van der Waals surface area contributed by atoms with E-state index in [1.165, 1.54) is 35.5 Å². The molecular formula is C22H20FN5O. The van der Waals surface area contributed by atoms with Gasteiger partial charge in [-0.1, -0.05) is 30.3 Å². The van der Waals surface area contributed by atoms with Gasteiger partial charge in [0, 0.05) is 42.6 Å². The average molecular weight is 389 g/mol. The highest BCUT2D eigenvalue weighted by molar-refractivity contribution is 5.93. The highest BCUT2D eigenvalue weighted by Crippen LogP contribution is 2.18. The standard InChI is InChI=1S/C22H20FN5O/c23-18-7-5-15(6-8-18)11-26-21(29)17-13-27-22(28-14-17)24-10-9-16-12-25-20-4-2-1-3-19(16)20/h1-8,12-14,25H,9-11H2,(H,26,29)(H,24,27,28). The van der Waals surface area contributed by atoms with E-state index in [0.29, 0.717) is 24.6 Å². The van der Waals surface area contributed by atoms with Crippen LogP contribution in [0.15, 0.2) is 67.1 Å². The van der Waals surface area contributed by atoms with E-state index in [1.807, 2.05) is 18.3 Å². The Bertz CT molecular complexity index is 1110. The molecule has 0 unspecified atom stereocenters. The van der Waals surface area contributed by atoms with Crippen molar-refractivity contribution >= 4 is 22.8 Å². The van der Waals surface area contributed by atoms with Crippen molar-refractivity contribution in [3.05, 3.63) is 89.6 Å². The molecule has 4 rings (SSSR count). The van der Waals surface area contributed by atoms with Gasteiger partial charge in [-0.25, -0.2) is 14.4 Å². The van der Waals surface area contributed by atoms with Crippen LogP contribution in [-0.2, 0) is 13.0 Å². The fourth-order valence-corrected chi connectivity index (χ4v) is 3.07. The molecule has 2 aromatic heterocycles. The monoisotopic (exact) mass is 389 g/mol. The fourth-order valence-electron chi connectivity index (χ4n) is 3.07. The zero-order chi connectivity index (χ0) is 20.1. The number of benzene rings is 2. The molecule has 3 N–H and O–H groups in total. The molecular weight excluding hydrogens is 369 g/mol. The minimum Gasteiger partial charge on any atom is -0.361 e. The summed E-state index contributed by atoms with van der Waals surface area (Å²) in [6, 6.07) is 14.2. The third kappa shape index (κ3) is 4.57. The van der Waals surface area contributed by atoms with Crippen molar-refractivity contribution in [1.82, 2.24) is 20.3 Å². The SMILES string of the molecule is O=C(NCc1ccc(F)cc1)c1cnc(NCCc2c[nH]c3ccccc23)nc1. The lowest BCUT2D eigenvalue weighted by atomic mass is 10.1. The minimum absolute atomic E-state index is 0.278. The van der Waals surface area contributed by atoms with E-state index in [9.17, 15) is 9.18 Å². The van der Waals surface area contributed by atoms with Gasteiger partial charge in [-0.05, 0) is 35.7 Å². The third-order valence-corrected chi connectivity index (χ3v) is 4.63. The second-order valence-corrected chi connectivity index (χ2v) is 6.64. The number of rotatable bonds is 7. The van der Waals surface area contributed by atoms with Crippen molar-refractivity contribution in [2.24, 2.45) is 0 Å². The first kappa shape index (κ1) is 18.6. The van der Waals surface area contributed by atoms with Crippen LogP contribution in [0.4, 0.5) is 10.3 Å². The lowest BCUT2D eigenvalue weighted by molar-refractivity contribution is 0.0950. The summed E-state index contributed by atoms with van der Waals surface area (Å²) in [6.45, 7) is 0.988. The molecule has 2 heterocycles. The molecule has 0 bridgehead atoms. The van der Waals surface area contributed by atoms with Crippen LogP contribution in [0.25, 0.3) is 10.9 Å². The van der Waals surface area contributed by atoms with Gasteiger partial charge in [-0.3, -0.25) is 4.79 Å². The van der Waals surface area contributed by atoms with Gasteiger partial charge in [-0.15, -0.1) is 0 Å². The Labute approximate surface area is 167 Å². The normalized spacial score (nSPS) is 10.8. The van der Waals surface area contributed by atoms with Gasteiger partial charge in [0.15, 0.2) is 0 Å². The number of H-pyrrole nitrogens is 1. The molecule has 29 heavy (non-hydrogen) atoms. The van der Waals surface area contributed by atoms with E-state index >= 15 is 0 Å². The number of aromatic nitrogens is 3. The highest BCUT2D eigenvalue weighted by Gasteiger charge is 2.08. The largest absolute Gasteiger partial charge is 0.361 e. The molecule has 2 aromatic carbocycles. The summed E-state index contributed by atoms with van der Waals surface area (Å²) in [6.07, 6.45) is 5.82. The van der Waals surface area contributed by atoms with E-state index in [-0.39, 0.29) is 11.7 Å². The maximum Gasteiger partial charge on any atom is 0.254 e. The van der Waals surface area contributed by atoms with Crippen LogP contribution in [-0.4, -0.2) is 27.4 Å². The summed E-state index contributed by atoms with van der Waals surface area (Å²) in [4.78, 5) is 23.9. The van der Waals surface area contributed by atoms with Gasteiger partial charge in [0.1, 0.15) is 5.82 Å². The lowest BCUT2D eigenvalue weighted by Gasteiger charge is -2.07. The number of anilines is 1. The molecule has 0 aliphatic rings. The van der Waals surface area contributed by atoms with E-state index in [1.54, 1.807) is 12.1 Å². The minimum atomic E-state index is -0.304. The van der Waals surface area contributed by atoms with E-state index in [4.69, 9.17) is 0 Å². The molecule has 0 aliphatic carbocycles. The van der Waals surface area contributed by atoms with Crippen LogP contribution in [0.1, 0.15) is 21.5 Å². The third-order valence-electron chi connectivity index (χ3n) is 4.63. The van der Waals surface area contributed by atoms with Crippen LogP contribution >= 0.6 is 0 Å². The number of halogens is 1. The van der Waals surface area contributed by atoms with Crippen molar-refractivity contribution in [3.8, 4) is 0 Å². The van der Waals surface area contributed by atoms with Gasteiger partial charge in [0.25, 0.3) is 5.91 Å². The van der Waals surface area contributed by atoms with E-state index in [0.717, 1.165) is 17.5 Å². The number of nitrogens with zero attached hydrogens (tertiary/aromatic N) is 2. The number of hydrogen-bond acceptors (Lipinski definition) is 4. The van der Waals surface area contributed by atoms with Crippen LogP contribution in [0.5, 0.6) is 0 Å². The number of nitrogens with one attached hydrogen (secondary N) is 3. The number of aromatic amines is 1. The number of amides is 1. The van der Waals surface area contributed by atoms with Crippen LogP contribution < -0.4 is 10.6 Å². The Kier molecular flexibility index (Phi) is 5.47. The first-order chi connectivity index (χ1) is 14.2. The molecule has 4 aromatic rings. The molecule has 6 nitrogen and oxygen atoms in total. The van der Waals surface area contributed by atoms with Crippen molar-refractivity contribution in [1.29, 1.82) is 0 Å². The molecule has 0 saturated carbocycles. The Morgan fingerprint density at radius 3 is 2.59 bits per heavy atom. The molecule has 7 heteroatoms. The second-order valence-electron chi connectivity index (χ2n) is 6.64. The van der Waals surface area contributed by atoms with Gasteiger partial charge in [0.05, 0.1) is 5.56 Å². The van der Waals surface area contributed by atoms with E-state index in [2.05, 4.69) is 37.7 Å². The van der Waals surface area contributed by atoms with Crippen LogP contribution in [0.3, 0.4) is 0 Å². The van der Waals surface area contributed by atoms with Crippen LogP contribution in [0.2, 0.25) is 0 Å². The Balaban J connectivity index is 1.28. The summed E-state index contributed by atoms with van der Waals surface area (Å²) < 4.78 is 12.9. The predicted octanol–water partition coefficient (Wildman–Crippen LogP) is 3.68. The topological polar surface area (TPSA) is 82.7 Å². The molecule has 0 spiro atoms. The predicted molar refractivity (Wildman–Crippen MR) is 110 cm³/mol. The number of carbonyl (C=O) groups is 1. The molecule has 0 aliphatic heterocycles. The molecule has 0 atom stereocenters. The smallest absolute Gasteiger partial charge is 0.254 e. The van der Waals surface area contributed by atoms with Crippen molar-refractivity contribution in [2.75, 3.05) is 11.9 Å². The zero-order valence-electron chi connectivity index (χ0n) is 15.7. The molecule has 0 saturated heterocycles. The quantitative estimate of drug-likeness (QED) is 0.450. The molecule has 0 fully saturated rings. The van der Waals surface area contributed by atoms with Crippen molar-refractivity contribution in [2.45, 2.75) is 13.0 Å². The van der Waals surface area contributed by atoms with Crippen molar-refractivity contribution < 1.29 is 9.18 Å². The van der Waals surface area contributed by atoms with Gasteiger partial charge >= 0.3 is 0 Å². The van der Waals surface area contributed by atoms with Gasteiger partial charge in [-0.2, -0.15) is 0 Å². The lowest BCUT2D eigenvalue weighted by Crippen LogP contribution is -2.23. The first-order valence-electron chi connectivity index (χ1n) is 9.32. The molecule has 146 valence electrons. The summed E-state index contributed by atoms with van der Waals surface area (Å²) in [5.41, 5.74) is 3.53. The maximum absolute atomic E-state index is 12.9. The van der Waals surface area contributed by atoms with Crippen molar-refractivity contribution in [3.63, 3.8) is 0 Å². The summed E-state index contributed by atoms with van der Waals surface area (Å²) in [5.74, 6) is -0.110. The zero-order valence-corrected chi connectivity index (χ0v) is 15.7. The molecule has 0 radical (unpaired) electrons. The van der Waals surface area contributed by atoms with E-state index < -0.39 is 0 Å². The van der Waals surface area contributed by atoms with Gasteiger partial charge in [0.2, 0.25) is 5.95 Å². The number of fused-ring (bicyclic) bond motifs is 1. The highest BCUT2D eigenvalue weighted by atomic mass is 19.1. The number of carbonyl (C=O) groups excluding carboxylic acids is 1. The summed E-state index contributed by atoms with van der Waals surface area (Å²) in [5, 5.41) is 7.15. The fraction of sp³-hybridized carbons (Fsp3) is 0.136. The Hall–Kier alpha value is -3.74. The number of para-hydroxylation sites is 1. The van der Waals surface area contributed by atoms with Gasteiger partial charge < -0.3 is 15.6 Å². The Morgan fingerprint density at radius 1 is 1.03 bits per heavy atom. The van der Waals surface area contributed by atoms with Crippen LogP contribution in [0, 0.1) is 5.82 Å². The molecule has 1 amide bonds. The summed E-state index contributed by atoms with van der Waals surface area (Å²) >= 11 is 0. The maximum atomic E-state index is 12.9. The Morgan fingerprint density at radius 2 is 1.79 bits per heavy atom. The number of hydrogen-bond donors (Lipinski definition) is 3. The average Bonchev–Trinajstić information content (AvgIpc) is 3.17. The first-order valence-corrected chi connectivity index (χ1v) is 9.32.